The Morgan fingerprint density at radius 3 is 1.48 bits per heavy atom. The summed E-state index contributed by atoms with van der Waals surface area (Å²) in [5.41, 5.74) is 1.00. The summed E-state index contributed by atoms with van der Waals surface area (Å²) in [4.78, 5) is 24.0. The lowest BCUT2D eigenvalue weighted by Gasteiger charge is -2.19. The number of hydrogen-bond donors (Lipinski definition) is 2. The number of carbonyl (C=O) groups is 2. The van der Waals surface area contributed by atoms with E-state index in [2.05, 4.69) is 10.6 Å². The van der Waals surface area contributed by atoms with Crippen molar-refractivity contribution in [2.45, 2.75) is 12.2 Å². The molecule has 2 aromatic rings. The van der Waals surface area contributed by atoms with Crippen LogP contribution in [0.4, 0.5) is 21.0 Å². The zero-order chi connectivity index (χ0) is 19.3. The van der Waals surface area contributed by atoms with Crippen molar-refractivity contribution in [2.75, 3.05) is 22.1 Å². The Labute approximate surface area is 156 Å². The first-order valence-corrected chi connectivity index (χ1v) is 9.99. The highest BCUT2D eigenvalue weighted by molar-refractivity contribution is 7.91. The van der Waals surface area contributed by atoms with Crippen molar-refractivity contribution in [1.29, 1.82) is 0 Å². The second-order valence-corrected chi connectivity index (χ2v) is 8.10. The summed E-state index contributed by atoms with van der Waals surface area (Å²) in [7, 11) is -3.49. The molecule has 8 nitrogen and oxygen atoms in total. The fraction of sp³-hybridized carbons (Fsp3) is 0.222. The number of nitrogens with one attached hydrogen (secondary N) is 2. The van der Waals surface area contributed by atoms with E-state index in [0.29, 0.717) is 11.4 Å². The van der Waals surface area contributed by atoms with Gasteiger partial charge in [0.2, 0.25) is 0 Å². The normalized spacial score (nSPS) is 20.4. The van der Waals surface area contributed by atoms with Crippen LogP contribution in [0.5, 0.6) is 0 Å². The molecule has 0 radical (unpaired) electrons. The van der Waals surface area contributed by atoms with E-state index in [1.165, 1.54) is 0 Å². The molecule has 0 unspecified atom stereocenters. The summed E-state index contributed by atoms with van der Waals surface area (Å²) in [6, 6.07) is 17.1. The molecule has 9 heteroatoms. The zero-order valence-corrected chi connectivity index (χ0v) is 15.0. The standard InChI is InChI=1S/C18H18N2O6S/c21-17(19-13-7-3-1-4-8-13)25-15-11-27(23,24)12-16(15)26-18(22)20-14-9-5-2-6-10-14/h1-10,15-16H,11-12H2,(H,19,21)(H,20,22)/t15-,16-/m1/s1. The third kappa shape index (κ3) is 5.45. The van der Waals surface area contributed by atoms with Crippen molar-refractivity contribution in [1.82, 2.24) is 0 Å². The first-order valence-electron chi connectivity index (χ1n) is 8.17. The van der Waals surface area contributed by atoms with Crippen molar-refractivity contribution in [2.24, 2.45) is 0 Å². The Morgan fingerprint density at radius 2 is 1.11 bits per heavy atom. The summed E-state index contributed by atoms with van der Waals surface area (Å²) in [6.45, 7) is 0. The molecule has 1 fully saturated rings. The largest absolute Gasteiger partial charge is 0.441 e. The molecule has 2 atom stereocenters. The molecule has 1 saturated heterocycles. The van der Waals surface area contributed by atoms with Crippen LogP contribution in [0.25, 0.3) is 0 Å². The third-order valence-corrected chi connectivity index (χ3v) is 5.48. The second kappa shape index (κ2) is 8.09. The van der Waals surface area contributed by atoms with Crippen LogP contribution in [-0.2, 0) is 19.3 Å². The SMILES string of the molecule is O=C(Nc1ccccc1)O[C@@H]1CS(=O)(=O)C[C@H]1OC(=O)Nc1ccccc1. The van der Waals surface area contributed by atoms with Crippen molar-refractivity contribution in [3.8, 4) is 0 Å². The van der Waals surface area contributed by atoms with Crippen LogP contribution < -0.4 is 10.6 Å². The number of rotatable bonds is 4. The molecule has 2 aromatic carbocycles. The van der Waals surface area contributed by atoms with E-state index in [0.717, 1.165) is 0 Å². The van der Waals surface area contributed by atoms with E-state index >= 15 is 0 Å². The Kier molecular flexibility index (Phi) is 5.60. The van der Waals surface area contributed by atoms with Gasteiger partial charge in [0.05, 0.1) is 11.5 Å². The van der Waals surface area contributed by atoms with Gasteiger partial charge in [-0.3, -0.25) is 10.6 Å². The Hall–Kier alpha value is -3.07. The maximum atomic E-state index is 12.0. The summed E-state index contributed by atoms with van der Waals surface area (Å²) in [5, 5.41) is 5.00. The minimum atomic E-state index is -3.49. The Balaban J connectivity index is 1.60. The lowest BCUT2D eigenvalue weighted by Crippen LogP contribution is -2.36. The molecule has 0 aliphatic carbocycles. The number of hydrogen-bond acceptors (Lipinski definition) is 6. The molecule has 0 aromatic heterocycles. The highest BCUT2D eigenvalue weighted by Crippen LogP contribution is 2.21. The molecule has 1 aliphatic rings. The predicted molar refractivity (Wildman–Crippen MR) is 99.3 cm³/mol. The molecule has 27 heavy (non-hydrogen) atoms. The minimum Gasteiger partial charge on any atom is -0.441 e. The second-order valence-electron chi connectivity index (χ2n) is 5.95. The zero-order valence-electron chi connectivity index (χ0n) is 14.2. The monoisotopic (exact) mass is 390 g/mol. The summed E-state index contributed by atoms with van der Waals surface area (Å²) in [5.74, 6) is -0.809. The van der Waals surface area contributed by atoms with Crippen LogP contribution in [0.3, 0.4) is 0 Å². The molecule has 0 spiro atoms. The summed E-state index contributed by atoms with van der Waals surface area (Å²) in [6.07, 6.45) is -3.80. The number of carbonyl (C=O) groups excluding carboxylic acids is 2. The third-order valence-electron chi connectivity index (χ3n) is 3.81. The molecular formula is C18H18N2O6S. The first-order chi connectivity index (χ1) is 12.9. The maximum Gasteiger partial charge on any atom is 0.412 e. The number of para-hydroxylation sites is 2. The smallest absolute Gasteiger partial charge is 0.412 e. The summed E-state index contributed by atoms with van der Waals surface area (Å²) < 4.78 is 34.2. The van der Waals surface area contributed by atoms with Crippen LogP contribution in [0.15, 0.2) is 60.7 Å². The van der Waals surface area contributed by atoms with Crippen LogP contribution in [0, 0.1) is 0 Å². The van der Waals surface area contributed by atoms with Gasteiger partial charge in [0.1, 0.15) is 0 Å². The van der Waals surface area contributed by atoms with Gasteiger partial charge in [-0.2, -0.15) is 0 Å². The molecule has 0 bridgehead atoms. The van der Waals surface area contributed by atoms with Gasteiger partial charge in [-0.25, -0.2) is 18.0 Å². The molecule has 2 amide bonds. The quantitative estimate of drug-likeness (QED) is 0.830. The average molecular weight is 390 g/mol. The highest BCUT2D eigenvalue weighted by Gasteiger charge is 2.43. The van der Waals surface area contributed by atoms with Crippen LogP contribution in [0.2, 0.25) is 0 Å². The van der Waals surface area contributed by atoms with E-state index < -0.39 is 45.7 Å². The van der Waals surface area contributed by atoms with E-state index in [-0.39, 0.29) is 0 Å². The fourth-order valence-corrected chi connectivity index (χ4v) is 4.32. The predicted octanol–water partition coefficient (Wildman–Crippen LogP) is 2.65. The van der Waals surface area contributed by atoms with Crippen molar-refractivity contribution in [3.05, 3.63) is 60.7 Å². The van der Waals surface area contributed by atoms with Crippen molar-refractivity contribution in [3.63, 3.8) is 0 Å². The van der Waals surface area contributed by atoms with Gasteiger partial charge < -0.3 is 9.47 Å². The molecule has 1 heterocycles. The molecule has 2 N–H and O–H groups in total. The highest BCUT2D eigenvalue weighted by atomic mass is 32.2. The van der Waals surface area contributed by atoms with Crippen molar-refractivity contribution >= 4 is 33.4 Å². The van der Waals surface area contributed by atoms with Gasteiger partial charge in [0.15, 0.2) is 22.0 Å². The van der Waals surface area contributed by atoms with Gasteiger partial charge in [-0.05, 0) is 24.3 Å². The molecule has 1 aliphatic heterocycles. The first kappa shape index (κ1) is 18.7. The minimum absolute atomic E-state index is 0.404. The van der Waals surface area contributed by atoms with Gasteiger partial charge in [-0.15, -0.1) is 0 Å². The van der Waals surface area contributed by atoms with E-state index in [4.69, 9.17) is 9.47 Å². The van der Waals surface area contributed by atoms with Crippen LogP contribution in [-0.4, -0.2) is 44.3 Å². The van der Waals surface area contributed by atoms with Crippen LogP contribution >= 0.6 is 0 Å². The average Bonchev–Trinajstić information content (AvgIpc) is 2.89. The Bertz CT molecular complexity index is 832. The number of amides is 2. The topological polar surface area (TPSA) is 111 Å². The Morgan fingerprint density at radius 1 is 0.741 bits per heavy atom. The van der Waals surface area contributed by atoms with E-state index in [1.54, 1.807) is 60.7 Å². The van der Waals surface area contributed by atoms with Crippen LogP contribution in [0.1, 0.15) is 0 Å². The lowest BCUT2D eigenvalue weighted by molar-refractivity contribution is 0.0278. The fourth-order valence-electron chi connectivity index (χ4n) is 2.62. The van der Waals surface area contributed by atoms with Gasteiger partial charge in [0, 0.05) is 11.4 Å². The summed E-state index contributed by atoms with van der Waals surface area (Å²) >= 11 is 0. The van der Waals surface area contributed by atoms with E-state index in [9.17, 15) is 18.0 Å². The lowest BCUT2D eigenvalue weighted by atomic mass is 10.2. The van der Waals surface area contributed by atoms with Gasteiger partial charge in [-0.1, -0.05) is 36.4 Å². The number of ether oxygens (including phenoxy) is 2. The molecule has 142 valence electrons. The molecule has 0 saturated carbocycles. The van der Waals surface area contributed by atoms with Gasteiger partial charge in [0.25, 0.3) is 0 Å². The van der Waals surface area contributed by atoms with E-state index in [1.807, 2.05) is 0 Å². The molecule has 3 rings (SSSR count). The number of sulfone groups is 1. The number of benzene rings is 2. The van der Waals surface area contributed by atoms with Gasteiger partial charge >= 0.3 is 12.2 Å². The maximum absolute atomic E-state index is 12.0. The molecular weight excluding hydrogens is 372 g/mol. The van der Waals surface area contributed by atoms with Crippen molar-refractivity contribution < 1.29 is 27.5 Å². The number of anilines is 2.